The van der Waals surface area contributed by atoms with E-state index in [9.17, 15) is 4.39 Å². The molecule has 3 rings (SSSR count). The summed E-state index contributed by atoms with van der Waals surface area (Å²) in [6.45, 7) is 1.92. The Morgan fingerprint density at radius 2 is 1.90 bits per heavy atom. The molecule has 20 heavy (non-hydrogen) atoms. The van der Waals surface area contributed by atoms with E-state index in [1.807, 2.05) is 0 Å². The van der Waals surface area contributed by atoms with E-state index in [0.29, 0.717) is 11.6 Å². The number of hydrogen-bond acceptors (Lipinski definition) is 4. The van der Waals surface area contributed by atoms with Crippen LogP contribution in [0.4, 0.5) is 4.39 Å². The average Bonchev–Trinajstić information content (AvgIpc) is 2.50. The van der Waals surface area contributed by atoms with Gasteiger partial charge in [0.2, 0.25) is 0 Å². The van der Waals surface area contributed by atoms with Crippen LogP contribution in [0, 0.1) is 5.82 Å². The summed E-state index contributed by atoms with van der Waals surface area (Å²) >= 11 is 0. The summed E-state index contributed by atoms with van der Waals surface area (Å²) in [6, 6.07) is 6.13. The summed E-state index contributed by atoms with van der Waals surface area (Å²) < 4.78 is 18.7. The highest BCUT2D eigenvalue weighted by Gasteiger charge is 2.14. The van der Waals surface area contributed by atoms with Crippen LogP contribution >= 0.6 is 0 Å². The third-order valence-corrected chi connectivity index (χ3v) is 3.28. The Balaban J connectivity index is 1.69. The molecule has 1 aromatic carbocycles. The van der Waals surface area contributed by atoms with Crippen molar-refractivity contribution in [2.45, 2.75) is 18.9 Å². The number of piperidine rings is 1. The lowest BCUT2D eigenvalue weighted by molar-refractivity contribution is 0.166. The number of benzene rings is 1. The molecule has 0 bridgehead atoms. The molecule has 104 valence electrons. The first-order chi connectivity index (χ1) is 9.81. The van der Waals surface area contributed by atoms with Gasteiger partial charge in [0.15, 0.2) is 11.6 Å². The van der Waals surface area contributed by atoms with Gasteiger partial charge in [0.25, 0.3) is 0 Å². The van der Waals surface area contributed by atoms with Gasteiger partial charge in [-0.1, -0.05) is 0 Å². The van der Waals surface area contributed by atoms with Crippen molar-refractivity contribution in [2.24, 2.45) is 0 Å². The van der Waals surface area contributed by atoms with E-state index in [1.54, 1.807) is 24.5 Å². The maximum Gasteiger partial charge on any atom is 0.159 e. The van der Waals surface area contributed by atoms with E-state index in [1.165, 1.54) is 12.1 Å². The molecule has 1 unspecified atom stereocenters. The Kier molecular flexibility index (Phi) is 3.87. The van der Waals surface area contributed by atoms with Crippen LogP contribution < -0.4 is 10.1 Å². The van der Waals surface area contributed by atoms with Crippen molar-refractivity contribution in [1.82, 2.24) is 15.3 Å². The topological polar surface area (TPSA) is 47.0 Å². The van der Waals surface area contributed by atoms with E-state index in [2.05, 4.69) is 15.3 Å². The van der Waals surface area contributed by atoms with Crippen LogP contribution in [0.1, 0.15) is 12.8 Å². The summed E-state index contributed by atoms with van der Waals surface area (Å²) in [5.41, 5.74) is 0.789. The number of nitrogens with zero attached hydrogens (tertiary/aromatic N) is 2. The maximum absolute atomic E-state index is 12.9. The molecule has 1 N–H and O–H groups in total. The van der Waals surface area contributed by atoms with Crippen LogP contribution in [0.25, 0.3) is 11.4 Å². The van der Waals surface area contributed by atoms with E-state index in [-0.39, 0.29) is 11.9 Å². The lowest BCUT2D eigenvalue weighted by Gasteiger charge is -2.23. The Morgan fingerprint density at radius 3 is 2.55 bits per heavy atom. The summed E-state index contributed by atoms with van der Waals surface area (Å²) in [4.78, 5) is 8.53. The summed E-state index contributed by atoms with van der Waals surface area (Å²) in [5, 5.41) is 3.30. The van der Waals surface area contributed by atoms with Gasteiger partial charge in [-0.25, -0.2) is 14.4 Å². The van der Waals surface area contributed by atoms with Crippen LogP contribution in [0.2, 0.25) is 0 Å². The molecule has 1 fully saturated rings. The minimum absolute atomic E-state index is 0.184. The van der Waals surface area contributed by atoms with Crippen molar-refractivity contribution in [3.05, 3.63) is 42.5 Å². The first-order valence-electron chi connectivity index (χ1n) is 6.76. The van der Waals surface area contributed by atoms with E-state index in [4.69, 9.17) is 4.74 Å². The van der Waals surface area contributed by atoms with Gasteiger partial charge in [0.1, 0.15) is 11.9 Å². The molecule has 0 amide bonds. The normalized spacial score (nSPS) is 18.8. The quantitative estimate of drug-likeness (QED) is 0.933. The third-order valence-electron chi connectivity index (χ3n) is 3.28. The number of halogens is 1. The second-order valence-electron chi connectivity index (χ2n) is 4.84. The van der Waals surface area contributed by atoms with Gasteiger partial charge >= 0.3 is 0 Å². The standard InChI is InChI=1S/C15H16FN3O/c16-12-5-3-11(4-6-12)15-18-9-14(10-19-15)20-13-2-1-7-17-8-13/h3-6,9-10,13,17H,1-2,7-8H2. The number of aromatic nitrogens is 2. The first-order valence-corrected chi connectivity index (χ1v) is 6.76. The number of rotatable bonds is 3. The fourth-order valence-electron chi connectivity index (χ4n) is 2.24. The molecule has 1 atom stereocenters. The molecule has 4 nitrogen and oxygen atoms in total. The Morgan fingerprint density at radius 1 is 1.15 bits per heavy atom. The number of hydrogen-bond donors (Lipinski definition) is 1. The lowest BCUT2D eigenvalue weighted by atomic mass is 10.1. The van der Waals surface area contributed by atoms with Crippen molar-refractivity contribution in [1.29, 1.82) is 0 Å². The fraction of sp³-hybridized carbons (Fsp3) is 0.333. The van der Waals surface area contributed by atoms with Crippen LogP contribution in [-0.4, -0.2) is 29.2 Å². The molecule has 1 aliphatic heterocycles. The Labute approximate surface area is 117 Å². The van der Waals surface area contributed by atoms with Crippen molar-refractivity contribution in [3.63, 3.8) is 0 Å². The second-order valence-corrected chi connectivity index (χ2v) is 4.84. The average molecular weight is 273 g/mol. The largest absolute Gasteiger partial charge is 0.486 e. The predicted molar refractivity (Wildman–Crippen MR) is 73.9 cm³/mol. The van der Waals surface area contributed by atoms with Gasteiger partial charge in [0.05, 0.1) is 12.4 Å². The van der Waals surface area contributed by atoms with Gasteiger partial charge in [-0.15, -0.1) is 0 Å². The monoisotopic (exact) mass is 273 g/mol. The minimum Gasteiger partial charge on any atom is -0.486 e. The van der Waals surface area contributed by atoms with Crippen molar-refractivity contribution in [2.75, 3.05) is 13.1 Å². The molecule has 0 saturated carbocycles. The lowest BCUT2D eigenvalue weighted by Crippen LogP contribution is -2.37. The van der Waals surface area contributed by atoms with E-state index in [0.717, 1.165) is 31.5 Å². The molecule has 0 radical (unpaired) electrons. The summed E-state index contributed by atoms with van der Waals surface area (Å²) in [6.07, 6.45) is 5.69. The van der Waals surface area contributed by atoms with Crippen LogP contribution in [0.3, 0.4) is 0 Å². The van der Waals surface area contributed by atoms with Crippen LogP contribution in [-0.2, 0) is 0 Å². The minimum atomic E-state index is -0.265. The fourth-order valence-corrected chi connectivity index (χ4v) is 2.24. The zero-order chi connectivity index (χ0) is 13.8. The van der Waals surface area contributed by atoms with Crippen molar-refractivity contribution >= 4 is 0 Å². The summed E-state index contributed by atoms with van der Waals surface area (Å²) in [7, 11) is 0. The zero-order valence-corrected chi connectivity index (χ0v) is 11.1. The van der Waals surface area contributed by atoms with E-state index >= 15 is 0 Å². The van der Waals surface area contributed by atoms with Crippen molar-refractivity contribution in [3.8, 4) is 17.1 Å². The smallest absolute Gasteiger partial charge is 0.159 e. The number of nitrogens with one attached hydrogen (secondary N) is 1. The van der Waals surface area contributed by atoms with E-state index < -0.39 is 0 Å². The van der Waals surface area contributed by atoms with Crippen LogP contribution in [0.5, 0.6) is 5.75 Å². The molecule has 5 heteroatoms. The third kappa shape index (κ3) is 3.11. The summed E-state index contributed by atoms with van der Waals surface area (Å²) in [5.74, 6) is 0.974. The highest BCUT2D eigenvalue weighted by molar-refractivity contribution is 5.54. The van der Waals surface area contributed by atoms with Gasteiger partial charge < -0.3 is 10.1 Å². The Bertz CT molecular complexity index is 550. The molecule has 1 aliphatic rings. The molecule has 1 saturated heterocycles. The molecular weight excluding hydrogens is 257 g/mol. The Hall–Kier alpha value is -2.01. The molecule has 2 heterocycles. The maximum atomic E-state index is 12.9. The molecule has 1 aromatic heterocycles. The highest BCUT2D eigenvalue weighted by atomic mass is 19.1. The van der Waals surface area contributed by atoms with Crippen LogP contribution in [0.15, 0.2) is 36.7 Å². The van der Waals surface area contributed by atoms with Gasteiger partial charge in [-0.2, -0.15) is 0 Å². The molecule has 0 aliphatic carbocycles. The predicted octanol–water partition coefficient (Wildman–Crippen LogP) is 2.41. The molecular formula is C15H16FN3O. The van der Waals surface area contributed by atoms with Crippen molar-refractivity contribution < 1.29 is 9.13 Å². The van der Waals surface area contributed by atoms with Gasteiger partial charge in [0, 0.05) is 12.1 Å². The van der Waals surface area contributed by atoms with Gasteiger partial charge in [-0.05, 0) is 43.7 Å². The molecule has 0 spiro atoms. The molecule has 2 aromatic rings. The SMILES string of the molecule is Fc1ccc(-c2ncc(OC3CCCNC3)cn2)cc1. The first kappa shape index (κ1) is 13.0. The second kappa shape index (κ2) is 5.96. The zero-order valence-electron chi connectivity index (χ0n) is 11.1. The highest BCUT2D eigenvalue weighted by Crippen LogP contribution is 2.18. The number of ether oxygens (including phenoxy) is 1. The van der Waals surface area contributed by atoms with Gasteiger partial charge in [-0.3, -0.25) is 0 Å².